The van der Waals surface area contributed by atoms with Crippen molar-refractivity contribution in [3.8, 4) is 0 Å². The molecule has 0 aliphatic rings. The van der Waals surface area contributed by atoms with Crippen LogP contribution in [0.4, 0.5) is 0 Å². The summed E-state index contributed by atoms with van der Waals surface area (Å²) in [5, 5.41) is 0. The predicted molar refractivity (Wildman–Crippen MR) is 84.6 cm³/mol. The molecule has 0 bridgehead atoms. The van der Waals surface area contributed by atoms with Gasteiger partial charge >= 0.3 is 5.97 Å². The Bertz CT molecular complexity index is 630. The molecule has 0 spiro atoms. The zero-order chi connectivity index (χ0) is 15.2. The molecule has 3 nitrogen and oxygen atoms in total. The van der Waals surface area contributed by atoms with Crippen LogP contribution in [0.15, 0.2) is 53.0 Å². The topological polar surface area (TPSA) is 43.4 Å². The van der Waals surface area contributed by atoms with Crippen molar-refractivity contribution < 1.29 is 14.3 Å². The second-order valence-corrected chi connectivity index (χ2v) is 5.53. The fourth-order valence-corrected chi connectivity index (χ4v) is 2.23. The van der Waals surface area contributed by atoms with Crippen LogP contribution in [0.5, 0.6) is 0 Å². The first-order valence-corrected chi connectivity index (χ1v) is 7.35. The van der Waals surface area contributed by atoms with E-state index >= 15 is 0 Å². The summed E-state index contributed by atoms with van der Waals surface area (Å²) in [6.45, 7) is 0. The number of benzene rings is 2. The van der Waals surface area contributed by atoms with Crippen molar-refractivity contribution in [1.29, 1.82) is 0 Å². The first kappa shape index (κ1) is 15.4. The fourth-order valence-electron chi connectivity index (χ4n) is 1.96. The minimum Gasteiger partial charge on any atom is -0.465 e. The van der Waals surface area contributed by atoms with Crippen LogP contribution >= 0.6 is 15.9 Å². The van der Waals surface area contributed by atoms with E-state index in [0.717, 1.165) is 10.0 Å². The highest BCUT2D eigenvalue weighted by molar-refractivity contribution is 9.10. The summed E-state index contributed by atoms with van der Waals surface area (Å²) < 4.78 is 5.65. The van der Waals surface area contributed by atoms with Gasteiger partial charge in [0.05, 0.1) is 12.7 Å². The average molecular weight is 347 g/mol. The minimum atomic E-state index is -0.399. The minimum absolute atomic E-state index is 0.0642. The van der Waals surface area contributed by atoms with E-state index in [1.165, 1.54) is 7.11 Å². The lowest BCUT2D eigenvalue weighted by atomic mass is 10.0. The first-order valence-electron chi connectivity index (χ1n) is 6.56. The van der Waals surface area contributed by atoms with E-state index in [2.05, 4.69) is 20.7 Å². The number of esters is 1. The average Bonchev–Trinajstić information content (AvgIpc) is 2.53. The molecule has 0 amide bonds. The van der Waals surface area contributed by atoms with E-state index in [-0.39, 0.29) is 5.78 Å². The lowest BCUT2D eigenvalue weighted by molar-refractivity contribution is 0.0600. The van der Waals surface area contributed by atoms with Gasteiger partial charge < -0.3 is 4.74 Å². The summed E-state index contributed by atoms with van der Waals surface area (Å²) in [5.41, 5.74) is 2.18. The number of ether oxygens (including phenoxy) is 1. The third-order valence-corrected chi connectivity index (χ3v) is 3.71. The maximum Gasteiger partial charge on any atom is 0.337 e. The van der Waals surface area contributed by atoms with Crippen molar-refractivity contribution in [2.24, 2.45) is 0 Å². The van der Waals surface area contributed by atoms with Crippen LogP contribution in [0, 0.1) is 0 Å². The zero-order valence-corrected chi connectivity index (χ0v) is 13.2. The number of rotatable bonds is 5. The molecule has 0 saturated heterocycles. The van der Waals surface area contributed by atoms with Crippen LogP contribution in [0.25, 0.3) is 0 Å². The van der Waals surface area contributed by atoms with E-state index in [1.807, 2.05) is 24.3 Å². The SMILES string of the molecule is COC(=O)c1ccc(C(=O)CCc2ccc(Br)cc2)cc1. The molecule has 4 heteroatoms. The lowest BCUT2D eigenvalue weighted by Crippen LogP contribution is -2.04. The van der Waals surface area contributed by atoms with Crippen LogP contribution in [0.3, 0.4) is 0 Å². The summed E-state index contributed by atoms with van der Waals surface area (Å²) in [6.07, 6.45) is 1.14. The van der Waals surface area contributed by atoms with Gasteiger partial charge in [-0.05, 0) is 36.2 Å². The highest BCUT2D eigenvalue weighted by Crippen LogP contribution is 2.14. The molecule has 2 rings (SSSR count). The standard InChI is InChI=1S/C17H15BrO3/c1-21-17(20)14-7-5-13(6-8-14)16(19)11-4-12-2-9-15(18)10-3-12/h2-3,5-10H,4,11H2,1H3. The van der Waals surface area contributed by atoms with Crippen molar-refractivity contribution in [3.63, 3.8) is 0 Å². The van der Waals surface area contributed by atoms with Crippen molar-refractivity contribution in [2.45, 2.75) is 12.8 Å². The summed E-state index contributed by atoms with van der Waals surface area (Å²) >= 11 is 3.38. The highest BCUT2D eigenvalue weighted by Gasteiger charge is 2.09. The number of aryl methyl sites for hydroxylation is 1. The van der Waals surface area contributed by atoms with Gasteiger partial charge in [-0.2, -0.15) is 0 Å². The molecule has 2 aromatic rings. The van der Waals surface area contributed by atoms with Crippen LogP contribution in [-0.4, -0.2) is 18.9 Å². The van der Waals surface area contributed by atoms with Crippen LogP contribution in [0.2, 0.25) is 0 Å². The van der Waals surface area contributed by atoms with Gasteiger partial charge in [0.25, 0.3) is 0 Å². The van der Waals surface area contributed by atoms with Crippen LogP contribution < -0.4 is 0 Å². The quantitative estimate of drug-likeness (QED) is 0.605. The third-order valence-electron chi connectivity index (χ3n) is 3.18. The van der Waals surface area contributed by atoms with Crippen molar-refractivity contribution in [1.82, 2.24) is 0 Å². The molecule has 0 heterocycles. The Balaban J connectivity index is 1.97. The molecular formula is C17H15BrO3. The maximum atomic E-state index is 12.1. The van der Waals surface area contributed by atoms with Crippen molar-refractivity contribution in [3.05, 3.63) is 69.7 Å². The summed E-state index contributed by atoms with van der Waals surface area (Å²) in [7, 11) is 1.33. The van der Waals surface area contributed by atoms with Gasteiger partial charge in [-0.15, -0.1) is 0 Å². The number of hydrogen-bond donors (Lipinski definition) is 0. The number of hydrogen-bond acceptors (Lipinski definition) is 3. The van der Waals surface area contributed by atoms with Gasteiger partial charge in [0.15, 0.2) is 5.78 Å². The molecule has 0 aromatic heterocycles. The molecule has 0 atom stereocenters. The fraction of sp³-hybridized carbons (Fsp3) is 0.176. The van der Waals surface area contributed by atoms with Crippen LogP contribution in [-0.2, 0) is 11.2 Å². The summed E-state index contributed by atoms with van der Waals surface area (Å²) in [6, 6.07) is 14.5. The van der Waals surface area contributed by atoms with E-state index < -0.39 is 5.97 Å². The van der Waals surface area contributed by atoms with Gasteiger partial charge in [0, 0.05) is 16.5 Å². The number of methoxy groups -OCH3 is 1. The van der Waals surface area contributed by atoms with Gasteiger partial charge in [0.2, 0.25) is 0 Å². The van der Waals surface area contributed by atoms with E-state index in [4.69, 9.17) is 0 Å². The second kappa shape index (κ2) is 7.18. The van der Waals surface area contributed by atoms with Crippen LogP contribution in [0.1, 0.15) is 32.7 Å². The predicted octanol–water partition coefficient (Wildman–Crippen LogP) is 4.05. The molecule has 0 N–H and O–H groups in total. The highest BCUT2D eigenvalue weighted by atomic mass is 79.9. The van der Waals surface area contributed by atoms with Gasteiger partial charge in [-0.25, -0.2) is 4.79 Å². The largest absolute Gasteiger partial charge is 0.465 e. The smallest absolute Gasteiger partial charge is 0.337 e. The van der Waals surface area contributed by atoms with Gasteiger partial charge in [-0.1, -0.05) is 40.2 Å². The zero-order valence-electron chi connectivity index (χ0n) is 11.6. The molecule has 0 radical (unpaired) electrons. The molecule has 0 aliphatic heterocycles. The first-order chi connectivity index (χ1) is 10.1. The Morgan fingerprint density at radius 3 is 2.10 bits per heavy atom. The lowest BCUT2D eigenvalue weighted by Gasteiger charge is -2.04. The van der Waals surface area contributed by atoms with E-state index in [0.29, 0.717) is 24.0 Å². The summed E-state index contributed by atoms with van der Waals surface area (Å²) in [5.74, 6) is -0.335. The molecule has 0 unspecified atom stereocenters. The number of Topliss-reactive ketones (excluding diaryl/α,β-unsaturated/α-hetero) is 1. The molecule has 21 heavy (non-hydrogen) atoms. The van der Waals surface area contributed by atoms with E-state index in [1.54, 1.807) is 24.3 Å². The number of carbonyl (C=O) groups excluding carboxylic acids is 2. The Morgan fingerprint density at radius 2 is 1.52 bits per heavy atom. The molecule has 0 aliphatic carbocycles. The number of carbonyl (C=O) groups is 2. The molecule has 0 saturated carbocycles. The molecule has 2 aromatic carbocycles. The Kier molecular flexibility index (Phi) is 5.28. The maximum absolute atomic E-state index is 12.1. The molecule has 108 valence electrons. The van der Waals surface area contributed by atoms with Crippen molar-refractivity contribution in [2.75, 3.05) is 7.11 Å². The number of ketones is 1. The Labute approximate surface area is 132 Å². The van der Waals surface area contributed by atoms with Gasteiger partial charge in [-0.3, -0.25) is 4.79 Å². The second-order valence-electron chi connectivity index (χ2n) is 4.62. The summed E-state index contributed by atoms with van der Waals surface area (Å²) in [4.78, 5) is 23.4. The molecule has 0 fully saturated rings. The third kappa shape index (κ3) is 4.26. The Hall–Kier alpha value is -1.94. The number of halogens is 1. The molecular weight excluding hydrogens is 332 g/mol. The van der Waals surface area contributed by atoms with E-state index in [9.17, 15) is 9.59 Å². The Morgan fingerprint density at radius 1 is 0.952 bits per heavy atom. The monoisotopic (exact) mass is 346 g/mol. The van der Waals surface area contributed by atoms with Gasteiger partial charge in [0.1, 0.15) is 0 Å². The van der Waals surface area contributed by atoms with Crippen molar-refractivity contribution >= 4 is 27.7 Å². The normalized spacial score (nSPS) is 10.2.